The highest BCUT2D eigenvalue weighted by molar-refractivity contribution is 7.89. The lowest BCUT2D eigenvalue weighted by atomic mass is 10.2. The van der Waals surface area contributed by atoms with Crippen molar-refractivity contribution in [3.63, 3.8) is 0 Å². The second-order valence-corrected chi connectivity index (χ2v) is 7.21. The molecule has 0 aromatic heterocycles. The molecule has 0 saturated heterocycles. The number of carbonyl (C=O) groups is 1. The van der Waals surface area contributed by atoms with Gasteiger partial charge in [0.1, 0.15) is 0 Å². The van der Waals surface area contributed by atoms with Crippen LogP contribution in [0.4, 0.5) is 5.69 Å². The van der Waals surface area contributed by atoms with Gasteiger partial charge < -0.3 is 10.4 Å². The Morgan fingerprint density at radius 1 is 1.12 bits per heavy atom. The van der Waals surface area contributed by atoms with Crippen molar-refractivity contribution >= 4 is 33.2 Å². The van der Waals surface area contributed by atoms with E-state index in [4.69, 9.17) is 16.7 Å². The van der Waals surface area contributed by atoms with Gasteiger partial charge in [0.15, 0.2) is 0 Å². The number of nitrogens with one attached hydrogen (secondary N) is 2. The average Bonchev–Trinajstić information content (AvgIpc) is 2.55. The quantitative estimate of drug-likeness (QED) is 0.697. The molecule has 2 aromatic carbocycles. The van der Waals surface area contributed by atoms with Crippen LogP contribution in [0.1, 0.15) is 12.0 Å². The normalized spacial score (nSPS) is 11.2. The molecule has 2 rings (SSSR count). The molecule has 0 heterocycles. The van der Waals surface area contributed by atoms with Crippen molar-refractivity contribution in [1.82, 2.24) is 4.72 Å². The number of halogens is 1. The lowest BCUT2D eigenvalue weighted by Gasteiger charge is -2.08. The van der Waals surface area contributed by atoms with Gasteiger partial charge in [-0.05, 0) is 42.0 Å². The summed E-state index contributed by atoms with van der Waals surface area (Å²) in [5.74, 6) is -0.330. The summed E-state index contributed by atoms with van der Waals surface area (Å²) in [5.41, 5.74) is 1.23. The van der Waals surface area contributed by atoms with Crippen molar-refractivity contribution in [2.75, 3.05) is 11.9 Å². The molecule has 1 amide bonds. The van der Waals surface area contributed by atoms with E-state index in [2.05, 4.69) is 10.0 Å². The first kappa shape index (κ1) is 18.4. The molecule has 2 aromatic rings. The van der Waals surface area contributed by atoms with Crippen LogP contribution in [0.25, 0.3) is 0 Å². The summed E-state index contributed by atoms with van der Waals surface area (Å²) in [6.45, 7) is -0.152. The van der Waals surface area contributed by atoms with Gasteiger partial charge in [-0.2, -0.15) is 0 Å². The van der Waals surface area contributed by atoms with Crippen LogP contribution in [0.5, 0.6) is 0 Å². The molecule has 0 aliphatic heterocycles. The van der Waals surface area contributed by atoms with Crippen LogP contribution in [0.2, 0.25) is 5.02 Å². The molecule has 0 bridgehead atoms. The summed E-state index contributed by atoms with van der Waals surface area (Å²) in [7, 11) is -3.68. The van der Waals surface area contributed by atoms with Crippen molar-refractivity contribution < 1.29 is 18.3 Å². The number of amides is 1. The number of aliphatic hydroxyl groups is 1. The van der Waals surface area contributed by atoms with Crippen LogP contribution in [-0.4, -0.2) is 26.0 Å². The fraction of sp³-hybridized carbons (Fsp3) is 0.188. The topological polar surface area (TPSA) is 95.5 Å². The monoisotopic (exact) mass is 368 g/mol. The minimum atomic E-state index is -3.68. The predicted molar refractivity (Wildman–Crippen MR) is 92.3 cm³/mol. The molecule has 0 unspecified atom stereocenters. The van der Waals surface area contributed by atoms with Crippen LogP contribution in [0.15, 0.2) is 53.4 Å². The number of aliphatic hydroxyl groups excluding tert-OH is 1. The molecule has 0 aliphatic rings. The Morgan fingerprint density at radius 3 is 2.50 bits per heavy atom. The van der Waals surface area contributed by atoms with Crippen molar-refractivity contribution in [2.24, 2.45) is 0 Å². The van der Waals surface area contributed by atoms with E-state index in [1.54, 1.807) is 24.3 Å². The van der Waals surface area contributed by atoms with Gasteiger partial charge in [-0.15, -0.1) is 0 Å². The van der Waals surface area contributed by atoms with E-state index in [1.165, 1.54) is 24.3 Å². The van der Waals surface area contributed by atoms with Gasteiger partial charge in [0.05, 0.1) is 11.5 Å². The van der Waals surface area contributed by atoms with E-state index >= 15 is 0 Å². The first-order valence-electron chi connectivity index (χ1n) is 7.15. The summed E-state index contributed by atoms with van der Waals surface area (Å²) in [5, 5.41) is 12.1. The molecule has 0 atom stereocenters. The average molecular weight is 369 g/mol. The van der Waals surface area contributed by atoms with Crippen LogP contribution < -0.4 is 10.0 Å². The predicted octanol–water partition coefficient (Wildman–Crippen LogP) is 2.14. The minimum absolute atomic E-state index is 0.0177. The van der Waals surface area contributed by atoms with Gasteiger partial charge in [-0.1, -0.05) is 23.7 Å². The molecule has 0 fully saturated rings. The molecule has 0 spiro atoms. The third-order valence-corrected chi connectivity index (χ3v) is 4.89. The number of rotatable bonds is 7. The van der Waals surface area contributed by atoms with Gasteiger partial charge in [0.2, 0.25) is 15.9 Å². The highest BCUT2D eigenvalue weighted by atomic mass is 35.5. The Labute approximate surface area is 145 Å². The highest BCUT2D eigenvalue weighted by Crippen LogP contribution is 2.14. The van der Waals surface area contributed by atoms with Crippen molar-refractivity contribution in [3.05, 3.63) is 59.1 Å². The molecular weight excluding hydrogens is 352 g/mol. The third-order valence-electron chi connectivity index (χ3n) is 3.16. The van der Waals surface area contributed by atoms with E-state index in [-0.39, 0.29) is 30.4 Å². The Kier molecular flexibility index (Phi) is 6.33. The maximum atomic E-state index is 12.1. The third kappa shape index (κ3) is 5.31. The number of carbonyl (C=O) groups excluding carboxylic acids is 1. The first-order chi connectivity index (χ1) is 11.4. The van der Waals surface area contributed by atoms with Crippen LogP contribution in [0.3, 0.4) is 0 Å². The summed E-state index contributed by atoms with van der Waals surface area (Å²) < 4.78 is 26.5. The maximum absolute atomic E-state index is 12.1. The summed E-state index contributed by atoms with van der Waals surface area (Å²) >= 11 is 5.72. The van der Waals surface area contributed by atoms with Crippen molar-refractivity contribution in [2.45, 2.75) is 17.9 Å². The highest BCUT2D eigenvalue weighted by Gasteiger charge is 2.14. The Balaban J connectivity index is 1.86. The first-order valence-corrected chi connectivity index (χ1v) is 9.02. The molecule has 0 radical (unpaired) electrons. The van der Waals surface area contributed by atoms with Gasteiger partial charge in [-0.3, -0.25) is 4.79 Å². The van der Waals surface area contributed by atoms with Gasteiger partial charge in [-0.25, -0.2) is 13.1 Å². The van der Waals surface area contributed by atoms with Gasteiger partial charge in [0.25, 0.3) is 0 Å². The van der Waals surface area contributed by atoms with E-state index in [9.17, 15) is 13.2 Å². The van der Waals surface area contributed by atoms with Crippen LogP contribution in [0, 0.1) is 0 Å². The summed E-state index contributed by atoms with van der Waals surface area (Å²) in [6, 6.07) is 12.5. The van der Waals surface area contributed by atoms with Gasteiger partial charge in [0, 0.05) is 23.7 Å². The molecule has 6 nitrogen and oxygen atoms in total. The zero-order valence-electron chi connectivity index (χ0n) is 12.7. The SMILES string of the molecule is O=C(CCNS(=O)(=O)c1ccc(Cl)cc1)Nc1cccc(CO)c1. The van der Waals surface area contributed by atoms with E-state index in [1.807, 2.05) is 0 Å². The standard InChI is InChI=1S/C16H17ClN2O4S/c17-13-4-6-15(7-5-13)24(22,23)18-9-8-16(21)19-14-3-1-2-12(10-14)11-20/h1-7,10,18,20H,8-9,11H2,(H,19,21). The van der Waals surface area contributed by atoms with Crippen molar-refractivity contribution in [3.8, 4) is 0 Å². The fourth-order valence-electron chi connectivity index (χ4n) is 1.97. The smallest absolute Gasteiger partial charge is 0.240 e. The fourth-order valence-corrected chi connectivity index (χ4v) is 3.12. The van der Waals surface area contributed by atoms with E-state index < -0.39 is 10.0 Å². The summed E-state index contributed by atoms with van der Waals surface area (Å²) in [4.78, 5) is 11.9. The van der Waals surface area contributed by atoms with Crippen molar-refractivity contribution in [1.29, 1.82) is 0 Å². The van der Waals surface area contributed by atoms with Crippen LogP contribution in [-0.2, 0) is 21.4 Å². The van der Waals surface area contributed by atoms with E-state index in [0.717, 1.165) is 0 Å². The molecule has 0 aliphatic carbocycles. The lowest BCUT2D eigenvalue weighted by molar-refractivity contribution is -0.116. The molecular formula is C16H17ClN2O4S. The Bertz CT molecular complexity index is 807. The second kappa shape index (κ2) is 8.25. The molecule has 0 saturated carbocycles. The second-order valence-electron chi connectivity index (χ2n) is 5.01. The number of hydrogen-bond donors (Lipinski definition) is 3. The minimum Gasteiger partial charge on any atom is -0.392 e. The van der Waals surface area contributed by atoms with Gasteiger partial charge >= 0.3 is 0 Å². The molecule has 24 heavy (non-hydrogen) atoms. The molecule has 3 N–H and O–H groups in total. The Morgan fingerprint density at radius 2 is 1.83 bits per heavy atom. The zero-order chi connectivity index (χ0) is 17.6. The lowest BCUT2D eigenvalue weighted by Crippen LogP contribution is -2.27. The maximum Gasteiger partial charge on any atom is 0.240 e. The van der Waals surface area contributed by atoms with Crippen LogP contribution >= 0.6 is 11.6 Å². The number of benzene rings is 2. The zero-order valence-corrected chi connectivity index (χ0v) is 14.3. The Hall–Kier alpha value is -1.93. The number of anilines is 1. The summed E-state index contributed by atoms with van der Waals surface area (Å²) in [6.07, 6.45) is -0.0177. The molecule has 8 heteroatoms. The van der Waals surface area contributed by atoms with E-state index in [0.29, 0.717) is 16.3 Å². The molecule has 128 valence electrons. The number of sulfonamides is 1. The number of hydrogen-bond acceptors (Lipinski definition) is 4. The largest absolute Gasteiger partial charge is 0.392 e.